The molecule has 0 radical (unpaired) electrons. The van der Waals surface area contributed by atoms with Crippen molar-refractivity contribution in [2.24, 2.45) is 0 Å². The summed E-state index contributed by atoms with van der Waals surface area (Å²) in [4.78, 5) is 7.65. The predicted octanol–water partition coefficient (Wildman–Crippen LogP) is 3.91. The van der Waals surface area contributed by atoms with Crippen LogP contribution < -0.4 is 5.32 Å². The number of nitrogens with zero attached hydrogens (tertiary/aromatic N) is 1. The van der Waals surface area contributed by atoms with E-state index in [1.165, 1.54) is 15.6 Å². The molecule has 0 aliphatic carbocycles. The molecule has 0 aliphatic rings. The number of fused-ring (bicyclic) bond motifs is 1. The first-order chi connectivity index (χ1) is 9.88. The van der Waals surface area contributed by atoms with Gasteiger partial charge in [0.2, 0.25) is 0 Å². The van der Waals surface area contributed by atoms with Crippen molar-refractivity contribution in [3.8, 4) is 0 Å². The summed E-state index contributed by atoms with van der Waals surface area (Å²) in [7, 11) is 0. The molecule has 1 aromatic carbocycles. The Morgan fingerprint density at radius 1 is 1.35 bits per heavy atom. The van der Waals surface area contributed by atoms with Crippen molar-refractivity contribution < 1.29 is 0 Å². The Balaban J connectivity index is 1.85. The summed E-state index contributed by atoms with van der Waals surface area (Å²) in [6.45, 7) is 3.19. The van der Waals surface area contributed by atoms with Gasteiger partial charge < -0.3 is 10.3 Å². The number of benzene rings is 1. The fourth-order valence-electron chi connectivity index (χ4n) is 2.46. The van der Waals surface area contributed by atoms with Crippen LogP contribution in [-0.4, -0.2) is 16.5 Å². The van der Waals surface area contributed by atoms with Crippen molar-refractivity contribution >= 4 is 21.4 Å². The van der Waals surface area contributed by atoms with Crippen molar-refractivity contribution in [2.45, 2.75) is 25.8 Å². The van der Waals surface area contributed by atoms with Gasteiger partial charge in [0.25, 0.3) is 0 Å². The van der Waals surface area contributed by atoms with Crippen LogP contribution in [0.4, 0.5) is 0 Å². The maximum Gasteiger partial charge on any atom is 0.123 e. The number of hydrogen-bond donors (Lipinski definition) is 2. The molecule has 0 bridgehead atoms. The number of aromatic amines is 1. The van der Waals surface area contributed by atoms with Crippen LogP contribution in [-0.2, 0) is 6.42 Å². The highest BCUT2D eigenvalue weighted by molar-refractivity contribution is 7.17. The first-order valence-electron chi connectivity index (χ1n) is 7.06. The van der Waals surface area contributed by atoms with Crippen molar-refractivity contribution in [3.05, 3.63) is 53.4 Å². The highest BCUT2D eigenvalue weighted by Crippen LogP contribution is 2.28. The van der Waals surface area contributed by atoms with Gasteiger partial charge in [-0.3, -0.25) is 0 Å². The van der Waals surface area contributed by atoms with Gasteiger partial charge in [0.15, 0.2) is 0 Å². The Kier molecular flexibility index (Phi) is 4.14. The lowest BCUT2D eigenvalue weighted by Crippen LogP contribution is -2.25. The van der Waals surface area contributed by atoms with Crippen LogP contribution in [0.2, 0.25) is 0 Å². The lowest BCUT2D eigenvalue weighted by molar-refractivity contribution is 0.510. The van der Waals surface area contributed by atoms with Crippen LogP contribution in [0.1, 0.15) is 30.8 Å². The van der Waals surface area contributed by atoms with Gasteiger partial charge in [-0.1, -0.05) is 25.1 Å². The number of imidazole rings is 1. The molecule has 2 heterocycles. The quantitative estimate of drug-likeness (QED) is 0.721. The molecule has 4 heteroatoms. The molecule has 0 aliphatic heterocycles. The van der Waals surface area contributed by atoms with E-state index in [0.29, 0.717) is 0 Å². The fourth-order valence-corrected chi connectivity index (χ4v) is 3.44. The largest absolute Gasteiger partial charge is 0.347 e. The van der Waals surface area contributed by atoms with Gasteiger partial charge in [0.05, 0.1) is 6.04 Å². The molecule has 0 saturated carbocycles. The molecule has 0 saturated heterocycles. The molecule has 3 nitrogen and oxygen atoms in total. The van der Waals surface area contributed by atoms with Gasteiger partial charge in [0.1, 0.15) is 5.82 Å². The minimum Gasteiger partial charge on any atom is -0.347 e. The summed E-state index contributed by atoms with van der Waals surface area (Å²) in [6.07, 6.45) is 5.81. The molecule has 0 amide bonds. The van der Waals surface area contributed by atoms with E-state index in [0.717, 1.165) is 25.2 Å². The fraction of sp³-hybridized carbons (Fsp3) is 0.312. The Hall–Kier alpha value is -1.65. The van der Waals surface area contributed by atoms with Gasteiger partial charge in [-0.05, 0) is 41.8 Å². The Labute approximate surface area is 123 Å². The number of rotatable bonds is 6. The van der Waals surface area contributed by atoms with E-state index in [4.69, 9.17) is 0 Å². The summed E-state index contributed by atoms with van der Waals surface area (Å²) in [6, 6.07) is 8.86. The summed E-state index contributed by atoms with van der Waals surface area (Å²) >= 11 is 1.82. The molecule has 2 aromatic heterocycles. The van der Waals surface area contributed by atoms with E-state index in [1.54, 1.807) is 0 Å². The minimum atomic E-state index is 0.253. The molecule has 0 fully saturated rings. The maximum absolute atomic E-state index is 4.42. The van der Waals surface area contributed by atoms with Gasteiger partial charge in [0, 0.05) is 17.1 Å². The monoisotopic (exact) mass is 285 g/mol. The van der Waals surface area contributed by atoms with Crippen molar-refractivity contribution in [2.75, 3.05) is 6.54 Å². The third-order valence-electron chi connectivity index (χ3n) is 3.48. The first kappa shape index (κ1) is 13.3. The molecule has 1 unspecified atom stereocenters. The van der Waals surface area contributed by atoms with E-state index in [9.17, 15) is 0 Å². The maximum atomic E-state index is 4.42. The average Bonchev–Trinajstić information content (AvgIpc) is 3.13. The second-order valence-corrected chi connectivity index (χ2v) is 5.85. The zero-order valence-corrected chi connectivity index (χ0v) is 12.4. The molecule has 3 rings (SSSR count). The lowest BCUT2D eigenvalue weighted by atomic mass is 10.0. The zero-order valence-electron chi connectivity index (χ0n) is 11.6. The van der Waals surface area contributed by atoms with E-state index < -0.39 is 0 Å². The summed E-state index contributed by atoms with van der Waals surface area (Å²) < 4.78 is 1.36. The predicted molar refractivity (Wildman–Crippen MR) is 85.2 cm³/mol. The smallest absolute Gasteiger partial charge is 0.123 e. The van der Waals surface area contributed by atoms with Crippen molar-refractivity contribution in [1.82, 2.24) is 15.3 Å². The molecule has 2 N–H and O–H groups in total. The summed E-state index contributed by atoms with van der Waals surface area (Å²) in [5, 5.41) is 7.23. The van der Waals surface area contributed by atoms with Crippen LogP contribution in [0.5, 0.6) is 0 Å². The van der Waals surface area contributed by atoms with Gasteiger partial charge in [-0.15, -0.1) is 11.3 Å². The normalized spacial score (nSPS) is 12.8. The lowest BCUT2D eigenvalue weighted by Gasteiger charge is -2.16. The van der Waals surface area contributed by atoms with Crippen molar-refractivity contribution in [1.29, 1.82) is 0 Å². The number of hydrogen-bond acceptors (Lipinski definition) is 3. The van der Waals surface area contributed by atoms with E-state index in [-0.39, 0.29) is 6.04 Å². The zero-order chi connectivity index (χ0) is 13.8. The molecule has 20 heavy (non-hydrogen) atoms. The number of H-pyrrole nitrogens is 1. The summed E-state index contributed by atoms with van der Waals surface area (Å²) in [5.41, 5.74) is 1.40. The average molecular weight is 285 g/mol. The van der Waals surface area contributed by atoms with Crippen LogP contribution >= 0.6 is 11.3 Å². The van der Waals surface area contributed by atoms with Crippen LogP contribution in [0.25, 0.3) is 10.1 Å². The Bertz CT molecular complexity index is 657. The minimum absolute atomic E-state index is 0.253. The molecule has 0 spiro atoms. The van der Waals surface area contributed by atoms with Gasteiger partial charge >= 0.3 is 0 Å². The molecule has 3 aromatic rings. The molecule has 104 valence electrons. The third kappa shape index (κ3) is 2.76. The Morgan fingerprint density at radius 3 is 3.05 bits per heavy atom. The summed E-state index contributed by atoms with van der Waals surface area (Å²) in [5.74, 6) is 1.02. The van der Waals surface area contributed by atoms with Gasteiger partial charge in [-0.25, -0.2) is 4.98 Å². The molecular formula is C16H19N3S. The van der Waals surface area contributed by atoms with Crippen LogP contribution in [0.3, 0.4) is 0 Å². The second-order valence-electron chi connectivity index (χ2n) is 4.94. The third-order valence-corrected chi connectivity index (χ3v) is 4.49. The van der Waals surface area contributed by atoms with Gasteiger partial charge in [-0.2, -0.15) is 0 Å². The molecular weight excluding hydrogens is 266 g/mol. The van der Waals surface area contributed by atoms with Crippen molar-refractivity contribution in [3.63, 3.8) is 0 Å². The van der Waals surface area contributed by atoms with Crippen LogP contribution in [0.15, 0.2) is 42.0 Å². The molecule has 1 atom stereocenters. The second kappa shape index (κ2) is 6.20. The number of aromatic nitrogens is 2. The Morgan fingerprint density at radius 2 is 2.25 bits per heavy atom. The highest BCUT2D eigenvalue weighted by atomic mass is 32.1. The highest BCUT2D eigenvalue weighted by Gasteiger charge is 2.15. The van der Waals surface area contributed by atoms with E-state index in [2.05, 4.69) is 51.9 Å². The van der Waals surface area contributed by atoms with E-state index in [1.807, 2.05) is 23.7 Å². The number of nitrogens with one attached hydrogen (secondary N) is 2. The van der Waals surface area contributed by atoms with E-state index >= 15 is 0 Å². The number of thiophene rings is 1. The topological polar surface area (TPSA) is 40.7 Å². The SMILES string of the molecule is CCCNC(Cc1csc2ccccc12)c1ncc[nH]1. The standard InChI is InChI=1S/C16H19N3S/c1-2-7-17-14(16-18-8-9-19-16)10-12-11-20-15-6-4-3-5-13(12)15/h3-6,8-9,11,14,17H,2,7,10H2,1H3,(H,18,19). The van der Waals surface area contributed by atoms with Crippen LogP contribution in [0, 0.1) is 0 Å². The first-order valence-corrected chi connectivity index (χ1v) is 7.94.